The molecule has 352 valence electrons. The quantitative estimate of drug-likeness (QED) is 0.0406. The van der Waals surface area contributed by atoms with E-state index >= 15 is 0 Å². The fourth-order valence-electron chi connectivity index (χ4n) is 7.24. The zero-order valence-electron chi connectivity index (χ0n) is 33.8. The van der Waals surface area contributed by atoms with Crippen molar-refractivity contribution < 1.29 is 109 Å². The van der Waals surface area contributed by atoms with Crippen LogP contribution in [0, 0.1) is 0 Å². The Morgan fingerprint density at radius 3 is 2.02 bits per heavy atom. The fourth-order valence-corrected chi connectivity index (χ4v) is 7.24. The summed E-state index contributed by atoms with van der Waals surface area (Å²) in [6.07, 6.45) is -23.3. The number of aliphatic hydroxyl groups excluding tert-OH is 9. The zero-order valence-corrected chi connectivity index (χ0v) is 33.8. The van der Waals surface area contributed by atoms with E-state index in [0.717, 1.165) is 30.3 Å². The van der Waals surface area contributed by atoms with Crippen molar-refractivity contribution in [2.45, 2.75) is 99.0 Å². The van der Waals surface area contributed by atoms with Crippen molar-refractivity contribution in [1.29, 1.82) is 0 Å². The molecule has 65 heavy (non-hydrogen) atoms. The highest BCUT2D eigenvalue weighted by atomic mass is 16.8. The standard InChI is InChI=1S/C42H46O23/c1-15-28(49)34(55)39(42(59-15)64-38-31(52)27-22(47)11-18(44)12-23(27)61-37(38)17-5-8-20(45)21(46)10-17)65-41-36(57)33(54)30(51)25(63-41)14-58-26(48)9-4-16-2-6-19(7-3-16)60-40-35(56)32(53)29(50)24(13-43)62-40/h2-12,15,24-25,28-30,32-36,39-47,49-51,53-57H,13-14H2,1H3/b9-4+/t15?,24?,25?,28-,29+,30+,32-,33?,34?,35?,36+,39-,40+,41-,42-/m0/s1. The van der Waals surface area contributed by atoms with Gasteiger partial charge < -0.3 is 104 Å². The molecule has 0 aliphatic carbocycles. The number of carbonyl (C=O) groups is 1. The smallest absolute Gasteiger partial charge is 0.330 e. The molecule has 23 heteroatoms. The molecular weight excluding hydrogens is 872 g/mol. The Bertz CT molecular complexity index is 2400. The van der Waals surface area contributed by atoms with E-state index in [2.05, 4.69) is 0 Å². The lowest BCUT2D eigenvalue weighted by Crippen LogP contribution is -2.64. The van der Waals surface area contributed by atoms with Gasteiger partial charge in [-0.15, -0.1) is 0 Å². The van der Waals surface area contributed by atoms with Gasteiger partial charge in [0.2, 0.25) is 23.8 Å². The minimum Gasteiger partial charge on any atom is -0.508 e. The summed E-state index contributed by atoms with van der Waals surface area (Å²) in [6.45, 7) is -0.0479. The fraction of sp³-hybridized carbons (Fsp3) is 0.429. The van der Waals surface area contributed by atoms with Crippen molar-refractivity contribution in [3.63, 3.8) is 0 Å². The Morgan fingerprint density at radius 2 is 1.34 bits per heavy atom. The number of esters is 1. The maximum Gasteiger partial charge on any atom is 0.330 e. The summed E-state index contributed by atoms with van der Waals surface area (Å²) in [7, 11) is 0. The van der Waals surface area contributed by atoms with Gasteiger partial charge in [0.05, 0.1) is 12.7 Å². The molecule has 0 amide bonds. The predicted molar refractivity (Wildman–Crippen MR) is 214 cm³/mol. The van der Waals surface area contributed by atoms with Crippen LogP contribution in [0.15, 0.2) is 69.9 Å². The molecule has 4 heterocycles. The summed E-state index contributed by atoms with van der Waals surface area (Å²) in [6, 6.07) is 11.0. The van der Waals surface area contributed by atoms with Crippen LogP contribution >= 0.6 is 0 Å². The van der Waals surface area contributed by atoms with Gasteiger partial charge in [0.15, 0.2) is 29.7 Å². The highest BCUT2D eigenvalue weighted by Crippen LogP contribution is 2.40. The number of aromatic hydroxyl groups is 4. The van der Waals surface area contributed by atoms with E-state index in [0.29, 0.717) is 5.56 Å². The number of benzene rings is 3. The Hall–Kier alpha value is -5.64. The lowest BCUT2D eigenvalue weighted by atomic mass is 9.97. The maximum atomic E-state index is 14.0. The minimum absolute atomic E-state index is 0.0768. The molecule has 0 saturated carbocycles. The summed E-state index contributed by atoms with van der Waals surface area (Å²) in [5, 5.41) is 134. The van der Waals surface area contributed by atoms with Crippen molar-refractivity contribution in [2.75, 3.05) is 13.2 Å². The molecule has 13 N–H and O–H groups in total. The molecule has 6 unspecified atom stereocenters. The third kappa shape index (κ3) is 9.83. The molecule has 0 bridgehead atoms. The van der Waals surface area contributed by atoms with Gasteiger partial charge in [-0.2, -0.15) is 0 Å². The van der Waals surface area contributed by atoms with E-state index < -0.39 is 157 Å². The van der Waals surface area contributed by atoms with Crippen molar-refractivity contribution in [2.24, 2.45) is 0 Å². The highest BCUT2D eigenvalue weighted by molar-refractivity contribution is 5.88. The second kappa shape index (κ2) is 19.4. The number of aliphatic hydroxyl groups is 9. The second-order valence-electron chi connectivity index (χ2n) is 15.4. The summed E-state index contributed by atoms with van der Waals surface area (Å²) in [4.78, 5) is 26.7. The normalized spacial score (nSPS) is 32.9. The van der Waals surface area contributed by atoms with Crippen LogP contribution in [0.1, 0.15) is 12.5 Å². The summed E-state index contributed by atoms with van der Waals surface area (Å²) in [5.41, 5.74) is -1.04. The van der Waals surface area contributed by atoms with E-state index in [9.17, 15) is 76.0 Å². The van der Waals surface area contributed by atoms with Crippen LogP contribution in [-0.2, 0) is 28.5 Å². The molecule has 1 aromatic heterocycles. The number of carbonyl (C=O) groups excluding carboxylic acids is 1. The van der Waals surface area contributed by atoms with Crippen molar-refractivity contribution in [3.05, 3.63) is 76.5 Å². The number of phenols is 4. The maximum absolute atomic E-state index is 14.0. The number of fused-ring (bicyclic) bond motifs is 1. The average Bonchev–Trinajstić information content (AvgIpc) is 3.27. The number of phenolic OH excluding ortho intramolecular Hbond substituents is 4. The zero-order chi connectivity index (χ0) is 47.0. The Labute approximate surface area is 365 Å². The van der Waals surface area contributed by atoms with Gasteiger partial charge in [-0.3, -0.25) is 4.79 Å². The van der Waals surface area contributed by atoms with Crippen LogP contribution < -0.4 is 14.9 Å². The van der Waals surface area contributed by atoms with Crippen LogP contribution in [0.4, 0.5) is 0 Å². The third-order valence-corrected chi connectivity index (χ3v) is 10.9. The number of ether oxygens (including phenoxy) is 7. The summed E-state index contributed by atoms with van der Waals surface area (Å²) < 4.78 is 45.2. The first-order valence-electron chi connectivity index (χ1n) is 19.9. The van der Waals surface area contributed by atoms with Crippen LogP contribution in [0.5, 0.6) is 34.5 Å². The number of rotatable bonds is 12. The molecule has 3 fully saturated rings. The molecule has 0 spiro atoms. The first kappa shape index (κ1) is 47.3. The van der Waals surface area contributed by atoms with E-state index in [1.165, 1.54) is 43.3 Å². The first-order valence-corrected chi connectivity index (χ1v) is 19.9. The van der Waals surface area contributed by atoms with Crippen molar-refractivity contribution in [3.8, 4) is 45.8 Å². The summed E-state index contributed by atoms with van der Waals surface area (Å²) >= 11 is 0. The minimum atomic E-state index is -2.06. The van der Waals surface area contributed by atoms with Gasteiger partial charge in [-0.05, 0) is 48.9 Å². The summed E-state index contributed by atoms with van der Waals surface area (Å²) in [5.74, 6) is -4.38. The molecule has 0 radical (unpaired) electrons. The van der Waals surface area contributed by atoms with Crippen molar-refractivity contribution >= 4 is 23.0 Å². The SMILES string of the molecule is CC1O[C@@H](Oc2c(-c3ccc(O)c(O)c3)oc3cc(O)cc(O)c3c2=O)[C@@H](O[C@@H]2OC(COC(=O)/C=C/c3ccc(O[C@@H]4OC(CO)[C@@H](O)[C@H](O)C4O)cc3)[C@@H](O)C(O)[C@H]2O)C(O)[C@H]1O. The molecular formula is C42H46O23. The van der Waals surface area contributed by atoms with Crippen molar-refractivity contribution in [1.82, 2.24) is 0 Å². The van der Waals surface area contributed by atoms with E-state index in [-0.39, 0.29) is 16.9 Å². The van der Waals surface area contributed by atoms with E-state index in [1.54, 1.807) is 0 Å². The average molecular weight is 919 g/mol. The molecule has 3 saturated heterocycles. The first-order chi connectivity index (χ1) is 30.9. The topological polar surface area (TPSA) is 375 Å². The Kier molecular flexibility index (Phi) is 14.2. The van der Waals surface area contributed by atoms with E-state index in [4.69, 9.17) is 37.6 Å². The molecule has 4 aromatic rings. The number of hydrogen-bond acceptors (Lipinski definition) is 23. The van der Waals surface area contributed by atoms with Gasteiger partial charge in [0, 0.05) is 23.8 Å². The monoisotopic (exact) mass is 918 g/mol. The molecule has 3 aromatic carbocycles. The van der Waals surface area contributed by atoms with Gasteiger partial charge in [0.1, 0.15) is 95.9 Å². The van der Waals surface area contributed by atoms with E-state index in [1.807, 2.05) is 0 Å². The van der Waals surface area contributed by atoms with Crippen LogP contribution in [0.2, 0.25) is 0 Å². The van der Waals surface area contributed by atoms with Gasteiger partial charge >= 0.3 is 5.97 Å². The molecule has 15 atom stereocenters. The number of hydrogen-bond donors (Lipinski definition) is 13. The molecule has 23 nitrogen and oxygen atoms in total. The molecule has 3 aliphatic rings. The van der Waals surface area contributed by atoms with Crippen LogP contribution in [-0.4, -0.2) is 178 Å². The Balaban J connectivity index is 1.05. The van der Waals surface area contributed by atoms with Crippen LogP contribution in [0.3, 0.4) is 0 Å². The lowest BCUT2D eigenvalue weighted by molar-refractivity contribution is -0.355. The van der Waals surface area contributed by atoms with Gasteiger partial charge in [0.25, 0.3) is 0 Å². The lowest BCUT2D eigenvalue weighted by Gasteiger charge is -2.45. The third-order valence-electron chi connectivity index (χ3n) is 10.9. The van der Waals surface area contributed by atoms with Crippen LogP contribution in [0.25, 0.3) is 28.4 Å². The van der Waals surface area contributed by atoms with Gasteiger partial charge in [-0.25, -0.2) is 4.79 Å². The van der Waals surface area contributed by atoms with Gasteiger partial charge in [-0.1, -0.05) is 12.1 Å². The second-order valence-corrected chi connectivity index (χ2v) is 15.4. The largest absolute Gasteiger partial charge is 0.508 e. The predicted octanol–water partition coefficient (Wildman–Crippen LogP) is -2.24. The Morgan fingerprint density at radius 1 is 0.677 bits per heavy atom. The highest BCUT2D eigenvalue weighted by Gasteiger charge is 2.51. The molecule has 3 aliphatic heterocycles. The molecule has 7 rings (SSSR count).